The minimum Gasteiger partial charge on any atom is -0.399 e. The number of anilines is 2. The molecule has 22 heteroatoms. The minimum atomic E-state index is -1.09. The molecule has 294 valence electrons. The molecule has 0 unspecified atom stereocenters. The second kappa shape index (κ2) is 22.3. The van der Waals surface area contributed by atoms with Gasteiger partial charge in [0.1, 0.15) is 19.0 Å². The zero-order valence-corrected chi connectivity index (χ0v) is 29.8. The molecule has 0 radical (unpaired) electrons. The van der Waals surface area contributed by atoms with Crippen molar-refractivity contribution in [2.45, 2.75) is 32.2 Å². The summed E-state index contributed by atoms with van der Waals surface area (Å²) in [6, 6.07) is 16.8. The normalized spacial score (nSPS) is 9.93. The smallest absolute Gasteiger partial charge is 0.311 e. The number of nitrogens with two attached hydrogens (primary N) is 3. The second-order valence-electron chi connectivity index (χ2n) is 11.2. The van der Waals surface area contributed by atoms with E-state index in [-0.39, 0.29) is 11.4 Å². The van der Waals surface area contributed by atoms with Gasteiger partial charge in [0, 0.05) is 65.6 Å². The molecule has 6 N–H and O–H groups in total. The van der Waals surface area contributed by atoms with E-state index in [0.717, 1.165) is 53.3 Å². The van der Waals surface area contributed by atoms with Gasteiger partial charge >= 0.3 is 5.69 Å². The number of non-ortho nitro benzene ring substituents is 2. The van der Waals surface area contributed by atoms with Crippen LogP contribution in [0.3, 0.4) is 0 Å². The predicted octanol–water partition coefficient (Wildman–Crippen LogP) is 5.08. The molecule has 3 aromatic heterocycles. The molecule has 0 aliphatic heterocycles. The van der Waals surface area contributed by atoms with Crippen LogP contribution in [0.1, 0.15) is 28.2 Å². The van der Waals surface area contributed by atoms with Gasteiger partial charge in [-0.1, -0.05) is 6.07 Å². The van der Waals surface area contributed by atoms with Crippen LogP contribution in [0.4, 0.5) is 38.5 Å². The average molecular weight is 784 g/mol. The van der Waals surface area contributed by atoms with Gasteiger partial charge in [-0.25, -0.2) is 29.9 Å². The van der Waals surface area contributed by atoms with Gasteiger partial charge in [-0.2, -0.15) is 4.39 Å². The summed E-state index contributed by atoms with van der Waals surface area (Å²) >= 11 is 0. The van der Waals surface area contributed by atoms with Crippen molar-refractivity contribution in [1.29, 1.82) is 0 Å². The Morgan fingerprint density at radius 2 is 0.982 bits per heavy atom. The van der Waals surface area contributed by atoms with E-state index < -0.39 is 36.9 Å². The number of hydrogen-bond acceptors (Lipinski definition) is 17. The molecule has 0 bridgehead atoms. The first-order valence-electron chi connectivity index (χ1n) is 16.4. The number of aromatic nitrogens is 6. The van der Waals surface area contributed by atoms with Crippen LogP contribution in [0, 0.1) is 46.3 Å². The topological polar surface area (TPSA) is 328 Å². The lowest BCUT2D eigenvalue weighted by Gasteiger charge is -2.05. The second-order valence-corrected chi connectivity index (χ2v) is 11.2. The third kappa shape index (κ3) is 14.7. The highest BCUT2D eigenvalue weighted by Gasteiger charge is 2.20. The Labute approximate surface area is 322 Å². The maximum absolute atomic E-state index is 12.6. The molecule has 3 aromatic carbocycles. The molecule has 3 heterocycles. The van der Waals surface area contributed by atoms with Crippen molar-refractivity contribution in [3.8, 4) is 0 Å². The summed E-state index contributed by atoms with van der Waals surface area (Å²) in [5.41, 5.74) is 20.5. The van der Waals surface area contributed by atoms with Crippen molar-refractivity contribution in [2.75, 3.05) is 11.5 Å². The Morgan fingerprint density at radius 1 is 0.526 bits per heavy atom. The number of nitrogen functional groups attached to an aromatic ring is 2. The Hall–Kier alpha value is -8.01. The quantitative estimate of drug-likeness (QED) is 0.0875. The van der Waals surface area contributed by atoms with Gasteiger partial charge in [-0.05, 0) is 73.7 Å². The number of halogens is 1. The van der Waals surface area contributed by atoms with E-state index in [9.17, 15) is 44.8 Å². The highest BCUT2D eigenvalue weighted by Crippen LogP contribution is 2.26. The van der Waals surface area contributed by atoms with Crippen LogP contribution in [-0.4, -0.2) is 49.6 Å². The van der Waals surface area contributed by atoms with Crippen molar-refractivity contribution in [2.24, 2.45) is 5.73 Å². The summed E-state index contributed by atoms with van der Waals surface area (Å²) < 4.78 is 12.6. The summed E-state index contributed by atoms with van der Waals surface area (Å²) in [4.78, 5) is 62.2. The van der Waals surface area contributed by atoms with Gasteiger partial charge in [-0.3, -0.25) is 40.5 Å². The van der Waals surface area contributed by atoms with Crippen LogP contribution in [0.5, 0.6) is 0 Å². The van der Waals surface area contributed by atoms with E-state index in [1.165, 1.54) is 24.8 Å². The first kappa shape index (κ1) is 43.4. The molecule has 0 fully saturated rings. The van der Waals surface area contributed by atoms with Crippen LogP contribution in [0.2, 0.25) is 0 Å². The molecule has 0 aliphatic carbocycles. The zero-order valence-electron chi connectivity index (χ0n) is 29.8. The Kier molecular flexibility index (Phi) is 16.9. The van der Waals surface area contributed by atoms with Crippen molar-refractivity contribution in [1.82, 2.24) is 29.9 Å². The molecule has 0 atom stereocenters. The summed E-state index contributed by atoms with van der Waals surface area (Å²) in [7, 11) is 0. The number of hydrogen-bond donors (Lipinski definition) is 3. The van der Waals surface area contributed by atoms with E-state index in [4.69, 9.17) is 17.2 Å². The van der Waals surface area contributed by atoms with Crippen LogP contribution < -0.4 is 17.2 Å². The molecule has 0 spiro atoms. The molecule has 0 aliphatic rings. The zero-order chi connectivity index (χ0) is 41.7. The summed E-state index contributed by atoms with van der Waals surface area (Å²) in [6.45, 7) is 0.489. The fourth-order valence-corrected chi connectivity index (χ4v) is 4.54. The number of nitrogens with zero attached hydrogens (tertiary/aromatic N) is 10. The maximum Gasteiger partial charge on any atom is 0.311 e. The Bertz CT molecular complexity index is 2260. The van der Waals surface area contributed by atoms with E-state index in [1.54, 1.807) is 43.1 Å². The van der Waals surface area contributed by atoms with Gasteiger partial charge < -0.3 is 17.2 Å². The SMILES string of the molecule is NCc1ccncn1.Nc1ccc(CCc2ccncn2)c(N)c1.O=[N+]([O-])c1ccc(CCc2ccncn2)c([N+](=O)[O-])c1.O=[N+]([O-])c1ccc(F)c([N+](=O)[O-])c1. The maximum atomic E-state index is 12.6. The van der Waals surface area contributed by atoms with E-state index in [0.29, 0.717) is 42.8 Å². The van der Waals surface area contributed by atoms with Gasteiger partial charge in [-0.15, -0.1) is 0 Å². The van der Waals surface area contributed by atoms with Gasteiger partial charge in [0.2, 0.25) is 5.82 Å². The lowest BCUT2D eigenvalue weighted by atomic mass is 10.1. The molecule has 0 saturated heterocycles. The number of benzene rings is 3. The monoisotopic (exact) mass is 783 g/mol. The third-order valence-electron chi connectivity index (χ3n) is 7.42. The highest BCUT2D eigenvalue weighted by molar-refractivity contribution is 5.56. The first-order valence-corrected chi connectivity index (χ1v) is 16.4. The van der Waals surface area contributed by atoms with Crippen molar-refractivity contribution in [3.05, 3.63) is 185 Å². The lowest BCUT2D eigenvalue weighted by Crippen LogP contribution is -2.00. The van der Waals surface area contributed by atoms with E-state index in [1.807, 2.05) is 18.2 Å². The van der Waals surface area contributed by atoms with Crippen LogP contribution in [0.25, 0.3) is 0 Å². The number of rotatable bonds is 11. The largest absolute Gasteiger partial charge is 0.399 e. The minimum absolute atomic E-state index is 0.242. The summed E-state index contributed by atoms with van der Waals surface area (Å²) in [6.07, 6.45) is 12.1. The van der Waals surface area contributed by atoms with Crippen molar-refractivity contribution < 1.29 is 24.1 Å². The summed E-state index contributed by atoms with van der Waals surface area (Å²) in [5.74, 6) is -1.09. The molecular formula is C35H34FN13O8. The number of aryl methyl sites for hydroxylation is 4. The Morgan fingerprint density at radius 3 is 1.40 bits per heavy atom. The van der Waals surface area contributed by atoms with Crippen LogP contribution in [-0.2, 0) is 32.2 Å². The fourth-order valence-electron chi connectivity index (χ4n) is 4.54. The lowest BCUT2D eigenvalue weighted by molar-refractivity contribution is -0.395. The molecule has 0 saturated carbocycles. The highest BCUT2D eigenvalue weighted by atomic mass is 19.1. The Balaban J connectivity index is 0.000000213. The van der Waals surface area contributed by atoms with Crippen LogP contribution >= 0.6 is 0 Å². The molecule has 6 rings (SSSR count). The average Bonchev–Trinajstić information content (AvgIpc) is 3.21. The standard InChI is InChI=1S/C12H10N4O4.C12H14N4.C6H3FN2O4.C5H7N3/c17-15(18)11-4-2-9(12(7-11)16(19)20)1-3-10-5-6-13-8-14-10;13-10-3-1-9(12(14)7-10)2-4-11-5-6-15-8-16-11;7-5-2-1-4(8(10)11)3-6(5)9(12)13;6-3-5-1-2-7-4-8-5/h2,4-8H,1,3H2;1,3,5-8H,2,4,13-14H2;1-3H;1-2,4H,3,6H2. The van der Waals surface area contributed by atoms with E-state index >= 15 is 0 Å². The third-order valence-corrected chi connectivity index (χ3v) is 7.42. The van der Waals surface area contributed by atoms with Crippen molar-refractivity contribution >= 4 is 34.1 Å². The molecule has 6 aromatic rings. The van der Waals surface area contributed by atoms with Gasteiger partial charge in [0.25, 0.3) is 17.1 Å². The molecular weight excluding hydrogens is 749 g/mol. The number of nitro groups is 4. The van der Waals surface area contributed by atoms with Gasteiger partial charge in [0.15, 0.2) is 0 Å². The van der Waals surface area contributed by atoms with Gasteiger partial charge in [0.05, 0.1) is 37.5 Å². The van der Waals surface area contributed by atoms with E-state index in [2.05, 4.69) is 29.9 Å². The first-order chi connectivity index (χ1) is 27.3. The fraction of sp³-hybridized carbons (Fsp3) is 0.143. The van der Waals surface area contributed by atoms with Crippen LogP contribution in [0.15, 0.2) is 110 Å². The summed E-state index contributed by atoms with van der Waals surface area (Å²) in [5, 5.41) is 41.9. The number of nitro benzene ring substituents is 4. The predicted molar refractivity (Wildman–Crippen MR) is 204 cm³/mol. The molecule has 21 nitrogen and oxygen atoms in total. The molecule has 0 amide bonds. The van der Waals surface area contributed by atoms with Crippen molar-refractivity contribution in [3.63, 3.8) is 0 Å². The molecule has 57 heavy (non-hydrogen) atoms.